The third-order valence-corrected chi connectivity index (χ3v) is 3.28. The first-order valence-corrected chi connectivity index (χ1v) is 7.14. The largest absolute Gasteiger partial charge is 0.493 e. The van der Waals surface area contributed by atoms with Crippen molar-refractivity contribution in [2.75, 3.05) is 20.3 Å². The molecule has 0 aliphatic rings. The SMILES string of the molecule is C=Cc1cccc(OCC(CCCC)CCOC)c1. The van der Waals surface area contributed by atoms with Gasteiger partial charge in [-0.05, 0) is 36.5 Å². The first-order valence-electron chi connectivity index (χ1n) is 7.14. The van der Waals surface area contributed by atoms with Crippen LogP contribution in [-0.2, 0) is 4.74 Å². The summed E-state index contributed by atoms with van der Waals surface area (Å²) in [5.41, 5.74) is 1.10. The predicted molar refractivity (Wildman–Crippen MR) is 81.5 cm³/mol. The van der Waals surface area contributed by atoms with Crippen molar-refractivity contribution in [3.05, 3.63) is 36.4 Å². The lowest BCUT2D eigenvalue weighted by Crippen LogP contribution is -2.14. The van der Waals surface area contributed by atoms with E-state index in [9.17, 15) is 0 Å². The highest BCUT2D eigenvalue weighted by Gasteiger charge is 2.09. The number of unbranched alkanes of at least 4 members (excludes halogenated alkanes) is 1. The molecule has 1 atom stereocenters. The van der Waals surface area contributed by atoms with Crippen LogP contribution in [0.15, 0.2) is 30.8 Å². The van der Waals surface area contributed by atoms with Crippen LogP contribution < -0.4 is 4.74 Å². The van der Waals surface area contributed by atoms with Crippen LogP contribution in [0.4, 0.5) is 0 Å². The van der Waals surface area contributed by atoms with E-state index >= 15 is 0 Å². The monoisotopic (exact) mass is 262 g/mol. The van der Waals surface area contributed by atoms with E-state index in [2.05, 4.69) is 13.5 Å². The molecule has 0 radical (unpaired) electrons. The van der Waals surface area contributed by atoms with Crippen LogP contribution in [-0.4, -0.2) is 20.3 Å². The lowest BCUT2D eigenvalue weighted by atomic mass is 10.00. The summed E-state index contributed by atoms with van der Waals surface area (Å²) in [6, 6.07) is 8.06. The smallest absolute Gasteiger partial charge is 0.119 e. The Morgan fingerprint density at radius 2 is 2.16 bits per heavy atom. The summed E-state index contributed by atoms with van der Waals surface area (Å²) in [5, 5.41) is 0. The zero-order valence-corrected chi connectivity index (χ0v) is 12.2. The quantitative estimate of drug-likeness (QED) is 0.616. The van der Waals surface area contributed by atoms with Gasteiger partial charge in [0.1, 0.15) is 5.75 Å². The molecule has 1 aromatic rings. The molecular weight excluding hydrogens is 236 g/mol. The Kier molecular flexibility index (Phi) is 7.99. The molecule has 0 amide bonds. The zero-order valence-electron chi connectivity index (χ0n) is 12.2. The number of hydrogen-bond acceptors (Lipinski definition) is 2. The van der Waals surface area contributed by atoms with E-state index in [-0.39, 0.29) is 0 Å². The van der Waals surface area contributed by atoms with Crippen molar-refractivity contribution < 1.29 is 9.47 Å². The van der Waals surface area contributed by atoms with Crippen LogP contribution in [0.2, 0.25) is 0 Å². The molecular formula is C17H26O2. The molecule has 1 rings (SSSR count). The van der Waals surface area contributed by atoms with Gasteiger partial charge < -0.3 is 9.47 Å². The third-order valence-electron chi connectivity index (χ3n) is 3.28. The second-order valence-electron chi connectivity index (χ2n) is 4.88. The van der Waals surface area contributed by atoms with Gasteiger partial charge in [-0.2, -0.15) is 0 Å². The first kappa shape index (κ1) is 15.8. The topological polar surface area (TPSA) is 18.5 Å². The number of rotatable bonds is 10. The maximum atomic E-state index is 5.90. The van der Waals surface area contributed by atoms with Crippen molar-refractivity contribution in [1.29, 1.82) is 0 Å². The van der Waals surface area contributed by atoms with Gasteiger partial charge in [-0.1, -0.05) is 44.6 Å². The second kappa shape index (κ2) is 9.62. The normalized spacial score (nSPS) is 12.1. The summed E-state index contributed by atoms with van der Waals surface area (Å²) in [5.74, 6) is 1.50. The van der Waals surface area contributed by atoms with E-state index in [1.807, 2.05) is 30.3 Å². The molecule has 0 aliphatic carbocycles. The molecule has 0 N–H and O–H groups in total. The average Bonchev–Trinajstić information content (AvgIpc) is 2.46. The molecule has 0 bridgehead atoms. The van der Waals surface area contributed by atoms with Gasteiger partial charge in [-0.25, -0.2) is 0 Å². The maximum absolute atomic E-state index is 5.90. The minimum Gasteiger partial charge on any atom is -0.493 e. The third kappa shape index (κ3) is 6.44. The second-order valence-corrected chi connectivity index (χ2v) is 4.88. The fourth-order valence-corrected chi connectivity index (χ4v) is 2.03. The zero-order chi connectivity index (χ0) is 13.9. The molecule has 19 heavy (non-hydrogen) atoms. The summed E-state index contributed by atoms with van der Waals surface area (Å²) in [4.78, 5) is 0. The molecule has 0 heterocycles. The molecule has 1 unspecified atom stereocenters. The molecule has 106 valence electrons. The lowest BCUT2D eigenvalue weighted by Gasteiger charge is -2.17. The molecule has 0 aromatic heterocycles. The first-order chi connectivity index (χ1) is 9.30. The van der Waals surface area contributed by atoms with Gasteiger partial charge in [0.2, 0.25) is 0 Å². The average molecular weight is 262 g/mol. The van der Waals surface area contributed by atoms with Crippen LogP contribution in [0.3, 0.4) is 0 Å². The predicted octanol–water partition coefficient (Wildman–Crippen LogP) is 4.55. The minimum absolute atomic E-state index is 0.576. The Morgan fingerprint density at radius 1 is 1.32 bits per heavy atom. The van der Waals surface area contributed by atoms with Crippen molar-refractivity contribution >= 4 is 6.08 Å². The molecule has 0 saturated heterocycles. The molecule has 0 saturated carbocycles. The van der Waals surface area contributed by atoms with Crippen molar-refractivity contribution in [2.24, 2.45) is 5.92 Å². The van der Waals surface area contributed by atoms with Crippen LogP contribution >= 0.6 is 0 Å². The van der Waals surface area contributed by atoms with Gasteiger partial charge >= 0.3 is 0 Å². The van der Waals surface area contributed by atoms with Crippen molar-refractivity contribution in [2.45, 2.75) is 32.6 Å². The highest BCUT2D eigenvalue weighted by Crippen LogP contribution is 2.18. The van der Waals surface area contributed by atoms with Gasteiger partial charge in [0.05, 0.1) is 6.61 Å². The van der Waals surface area contributed by atoms with E-state index in [0.717, 1.165) is 30.9 Å². The Balaban J connectivity index is 2.46. The lowest BCUT2D eigenvalue weighted by molar-refractivity contribution is 0.150. The van der Waals surface area contributed by atoms with E-state index in [0.29, 0.717) is 5.92 Å². The van der Waals surface area contributed by atoms with Gasteiger partial charge in [0.25, 0.3) is 0 Å². The van der Waals surface area contributed by atoms with Crippen LogP contribution in [0.5, 0.6) is 5.75 Å². The van der Waals surface area contributed by atoms with Crippen molar-refractivity contribution in [3.63, 3.8) is 0 Å². The molecule has 1 aromatic carbocycles. The number of methoxy groups -OCH3 is 1. The fraction of sp³-hybridized carbons (Fsp3) is 0.529. The summed E-state index contributed by atoms with van der Waals surface area (Å²) < 4.78 is 11.1. The number of benzene rings is 1. The van der Waals surface area contributed by atoms with Crippen LogP contribution in [0, 0.1) is 5.92 Å². The van der Waals surface area contributed by atoms with Crippen LogP contribution in [0.1, 0.15) is 38.2 Å². The fourth-order valence-electron chi connectivity index (χ4n) is 2.03. The molecule has 2 nitrogen and oxygen atoms in total. The van der Waals surface area contributed by atoms with E-state index in [4.69, 9.17) is 9.47 Å². The number of hydrogen-bond donors (Lipinski definition) is 0. The number of ether oxygens (including phenoxy) is 2. The summed E-state index contributed by atoms with van der Waals surface area (Å²) in [6.45, 7) is 7.58. The Labute approximate surface area is 117 Å². The van der Waals surface area contributed by atoms with Gasteiger partial charge in [0, 0.05) is 13.7 Å². The summed E-state index contributed by atoms with van der Waals surface area (Å²) in [6.07, 6.45) is 6.60. The van der Waals surface area contributed by atoms with Gasteiger partial charge in [-0.15, -0.1) is 0 Å². The van der Waals surface area contributed by atoms with Crippen LogP contribution in [0.25, 0.3) is 6.08 Å². The molecule has 0 fully saturated rings. The minimum atomic E-state index is 0.576. The maximum Gasteiger partial charge on any atom is 0.119 e. The van der Waals surface area contributed by atoms with Gasteiger partial charge in [0.15, 0.2) is 0 Å². The Hall–Kier alpha value is -1.28. The molecule has 0 aliphatic heterocycles. The highest BCUT2D eigenvalue weighted by atomic mass is 16.5. The molecule has 0 spiro atoms. The van der Waals surface area contributed by atoms with E-state index < -0.39 is 0 Å². The van der Waals surface area contributed by atoms with Crippen molar-refractivity contribution in [3.8, 4) is 5.75 Å². The Morgan fingerprint density at radius 3 is 2.84 bits per heavy atom. The standard InChI is InChI=1S/C17H26O2/c1-4-6-8-16(11-12-18-3)14-19-17-10-7-9-15(5-2)13-17/h5,7,9-10,13,16H,2,4,6,8,11-12,14H2,1,3H3. The van der Waals surface area contributed by atoms with Crippen molar-refractivity contribution in [1.82, 2.24) is 0 Å². The summed E-state index contributed by atoms with van der Waals surface area (Å²) in [7, 11) is 1.76. The van der Waals surface area contributed by atoms with Gasteiger partial charge in [-0.3, -0.25) is 0 Å². The summed E-state index contributed by atoms with van der Waals surface area (Å²) >= 11 is 0. The Bertz CT molecular complexity index is 352. The molecule has 2 heteroatoms. The highest BCUT2D eigenvalue weighted by molar-refractivity contribution is 5.49. The van der Waals surface area contributed by atoms with E-state index in [1.54, 1.807) is 7.11 Å². The van der Waals surface area contributed by atoms with E-state index in [1.165, 1.54) is 19.3 Å².